The minimum Gasteiger partial charge on any atom is -0.378 e. The van der Waals surface area contributed by atoms with Gasteiger partial charge in [-0.15, -0.1) is 0 Å². The third kappa shape index (κ3) is 2.94. The zero-order valence-electron chi connectivity index (χ0n) is 12.8. The van der Waals surface area contributed by atoms with Gasteiger partial charge in [0, 0.05) is 25.3 Å². The summed E-state index contributed by atoms with van der Waals surface area (Å²) >= 11 is 1.49. The van der Waals surface area contributed by atoms with Gasteiger partial charge in [0.05, 0.1) is 10.2 Å². The van der Waals surface area contributed by atoms with Crippen LogP contribution >= 0.6 is 11.3 Å². The summed E-state index contributed by atoms with van der Waals surface area (Å²) in [6.45, 7) is 2.05. The first-order valence-corrected chi connectivity index (χ1v) is 7.80. The minimum absolute atomic E-state index is 0.138. The van der Waals surface area contributed by atoms with Crippen LogP contribution in [0.5, 0.6) is 0 Å². The number of amides is 1. The van der Waals surface area contributed by atoms with Crippen LogP contribution in [-0.4, -0.2) is 25.0 Å². The first-order chi connectivity index (χ1) is 10.5. The van der Waals surface area contributed by atoms with E-state index in [1.54, 1.807) is 0 Å². The summed E-state index contributed by atoms with van der Waals surface area (Å²) in [4.78, 5) is 18.7. The lowest BCUT2D eigenvalue weighted by Gasteiger charge is -2.12. The first kappa shape index (κ1) is 14.5. The molecule has 0 spiro atoms. The minimum atomic E-state index is -0.138. The van der Waals surface area contributed by atoms with Crippen molar-refractivity contribution in [3.05, 3.63) is 53.6 Å². The molecule has 112 valence electrons. The van der Waals surface area contributed by atoms with Crippen molar-refractivity contribution in [2.75, 3.05) is 24.3 Å². The van der Waals surface area contributed by atoms with Gasteiger partial charge in [0.2, 0.25) is 0 Å². The number of anilines is 2. The number of aromatic nitrogens is 1. The zero-order valence-corrected chi connectivity index (χ0v) is 13.6. The van der Waals surface area contributed by atoms with Gasteiger partial charge in [-0.1, -0.05) is 17.4 Å². The largest absolute Gasteiger partial charge is 0.378 e. The highest BCUT2D eigenvalue weighted by Crippen LogP contribution is 2.27. The van der Waals surface area contributed by atoms with Crippen LogP contribution in [0.2, 0.25) is 0 Å². The van der Waals surface area contributed by atoms with E-state index in [2.05, 4.69) is 16.4 Å². The Labute approximate surface area is 133 Å². The molecule has 5 heteroatoms. The molecule has 2 aromatic carbocycles. The van der Waals surface area contributed by atoms with Crippen LogP contribution in [0, 0.1) is 6.92 Å². The molecule has 1 aromatic heterocycles. The molecule has 1 amide bonds. The molecule has 0 unspecified atom stereocenters. The summed E-state index contributed by atoms with van der Waals surface area (Å²) in [6.07, 6.45) is 0. The molecule has 0 radical (unpaired) electrons. The normalized spacial score (nSPS) is 10.7. The molecule has 0 aliphatic rings. The Morgan fingerprint density at radius 2 is 1.86 bits per heavy atom. The van der Waals surface area contributed by atoms with Crippen LogP contribution in [0.25, 0.3) is 10.2 Å². The fourth-order valence-electron chi connectivity index (χ4n) is 2.17. The third-order valence-electron chi connectivity index (χ3n) is 3.41. The molecule has 0 bridgehead atoms. The zero-order chi connectivity index (χ0) is 15.7. The van der Waals surface area contributed by atoms with Crippen molar-refractivity contribution in [2.45, 2.75) is 6.92 Å². The molecule has 0 atom stereocenters. The van der Waals surface area contributed by atoms with Gasteiger partial charge in [0.1, 0.15) is 0 Å². The lowest BCUT2D eigenvalue weighted by Crippen LogP contribution is -2.13. The van der Waals surface area contributed by atoms with E-state index in [4.69, 9.17) is 0 Å². The van der Waals surface area contributed by atoms with Crippen LogP contribution in [0.3, 0.4) is 0 Å². The monoisotopic (exact) mass is 311 g/mol. The molecule has 22 heavy (non-hydrogen) atoms. The Balaban J connectivity index is 1.80. The Bertz CT molecular complexity index is 822. The standard InChI is InChI=1S/C17H17N3OS/c1-11-4-9-14-15(10-11)22-17(18-14)19-16(21)12-5-7-13(8-6-12)20(2)3/h4-10H,1-3H3,(H,18,19,21). The van der Waals surface area contributed by atoms with Gasteiger partial charge in [0.15, 0.2) is 5.13 Å². The van der Waals surface area contributed by atoms with Gasteiger partial charge in [-0.25, -0.2) is 4.98 Å². The molecule has 3 rings (SSSR count). The van der Waals surface area contributed by atoms with Gasteiger partial charge in [-0.05, 0) is 48.9 Å². The van der Waals surface area contributed by atoms with Crippen LogP contribution in [-0.2, 0) is 0 Å². The van der Waals surface area contributed by atoms with E-state index in [0.29, 0.717) is 10.7 Å². The number of fused-ring (bicyclic) bond motifs is 1. The number of carbonyl (C=O) groups excluding carboxylic acids is 1. The lowest BCUT2D eigenvalue weighted by molar-refractivity contribution is 0.102. The predicted molar refractivity (Wildman–Crippen MR) is 93.1 cm³/mol. The van der Waals surface area contributed by atoms with Crippen molar-refractivity contribution in [3.8, 4) is 0 Å². The summed E-state index contributed by atoms with van der Waals surface area (Å²) in [6, 6.07) is 13.6. The molecule has 1 N–H and O–H groups in total. The quantitative estimate of drug-likeness (QED) is 0.797. The number of nitrogens with zero attached hydrogens (tertiary/aromatic N) is 2. The summed E-state index contributed by atoms with van der Waals surface area (Å²) in [7, 11) is 3.94. The number of hydrogen-bond acceptors (Lipinski definition) is 4. The summed E-state index contributed by atoms with van der Waals surface area (Å²) in [5.74, 6) is -0.138. The van der Waals surface area contributed by atoms with Gasteiger partial charge >= 0.3 is 0 Å². The topological polar surface area (TPSA) is 45.2 Å². The van der Waals surface area contributed by atoms with Crippen molar-refractivity contribution in [2.24, 2.45) is 0 Å². The van der Waals surface area contributed by atoms with Gasteiger partial charge in [-0.3, -0.25) is 10.1 Å². The molecule has 4 nitrogen and oxygen atoms in total. The van der Waals surface area contributed by atoms with Crippen LogP contribution in [0.4, 0.5) is 10.8 Å². The van der Waals surface area contributed by atoms with Gasteiger partial charge in [-0.2, -0.15) is 0 Å². The van der Waals surface area contributed by atoms with Crippen LogP contribution < -0.4 is 10.2 Å². The molecule has 0 aliphatic heterocycles. The van der Waals surface area contributed by atoms with Crippen molar-refractivity contribution in [1.29, 1.82) is 0 Å². The van der Waals surface area contributed by atoms with E-state index in [0.717, 1.165) is 15.9 Å². The maximum atomic E-state index is 12.3. The number of carbonyl (C=O) groups is 1. The molecule has 3 aromatic rings. The number of rotatable bonds is 3. The van der Waals surface area contributed by atoms with E-state index >= 15 is 0 Å². The molecule has 1 heterocycles. The Morgan fingerprint density at radius 3 is 2.55 bits per heavy atom. The summed E-state index contributed by atoms with van der Waals surface area (Å²) in [5, 5.41) is 3.50. The van der Waals surface area contributed by atoms with E-state index in [-0.39, 0.29) is 5.91 Å². The van der Waals surface area contributed by atoms with Crippen molar-refractivity contribution < 1.29 is 4.79 Å². The molecule has 0 fully saturated rings. The maximum Gasteiger partial charge on any atom is 0.257 e. The SMILES string of the molecule is Cc1ccc2nc(NC(=O)c3ccc(N(C)C)cc3)sc2c1. The highest BCUT2D eigenvalue weighted by atomic mass is 32.1. The van der Waals surface area contributed by atoms with E-state index in [1.807, 2.05) is 62.3 Å². The van der Waals surface area contributed by atoms with Crippen molar-refractivity contribution >= 4 is 38.3 Å². The highest BCUT2D eigenvalue weighted by molar-refractivity contribution is 7.22. The molecular weight excluding hydrogens is 294 g/mol. The van der Waals surface area contributed by atoms with Crippen LogP contribution in [0.15, 0.2) is 42.5 Å². The molecule has 0 saturated heterocycles. The van der Waals surface area contributed by atoms with Crippen LogP contribution in [0.1, 0.15) is 15.9 Å². The second-order valence-corrected chi connectivity index (χ2v) is 6.42. The Morgan fingerprint density at radius 1 is 1.14 bits per heavy atom. The second-order valence-electron chi connectivity index (χ2n) is 5.39. The van der Waals surface area contributed by atoms with Crippen molar-refractivity contribution in [3.63, 3.8) is 0 Å². The number of nitrogens with one attached hydrogen (secondary N) is 1. The lowest BCUT2D eigenvalue weighted by atomic mass is 10.2. The average molecular weight is 311 g/mol. The number of hydrogen-bond donors (Lipinski definition) is 1. The molecule has 0 saturated carbocycles. The van der Waals surface area contributed by atoms with Gasteiger partial charge in [0.25, 0.3) is 5.91 Å². The smallest absolute Gasteiger partial charge is 0.257 e. The average Bonchev–Trinajstić information content (AvgIpc) is 2.88. The predicted octanol–water partition coefficient (Wildman–Crippen LogP) is 3.92. The number of benzene rings is 2. The van der Waals surface area contributed by atoms with E-state index in [9.17, 15) is 4.79 Å². The highest BCUT2D eigenvalue weighted by Gasteiger charge is 2.10. The van der Waals surface area contributed by atoms with Gasteiger partial charge < -0.3 is 4.90 Å². The van der Waals surface area contributed by atoms with Crippen molar-refractivity contribution in [1.82, 2.24) is 4.98 Å². The maximum absolute atomic E-state index is 12.3. The summed E-state index contributed by atoms with van der Waals surface area (Å²) < 4.78 is 1.08. The second kappa shape index (κ2) is 5.77. The summed E-state index contributed by atoms with van der Waals surface area (Å²) in [5.41, 5.74) is 3.79. The third-order valence-corrected chi connectivity index (χ3v) is 4.34. The Kier molecular flexibility index (Phi) is 3.81. The Hall–Kier alpha value is -2.40. The number of aryl methyl sites for hydroxylation is 1. The first-order valence-electron chi connectivity index (χ1n) is 6.99. The van der Waals surface area contributed by atoms with E-state index < -0.39 is 0 Å². The van der Waals surface area contributed by atoms with E-state index in [1.165, 1.54) is 16.9 Å². The molecular formula is C17H17N3OS. The molecule has 0 aliphatic carbocycles. The number of thiazole rings is 1. The fraction of sp³-hybridized carbons (Fsp3) is 0.176. The fourth-order valence-corrected chi connectivity index (χ4v) is 3.12.